The van der Waals surface area contributed by atoms with Crippen LogP contribution in [0.4, 0.5) is 20.2 Å². The molecule has 0 saturated heterocycles. The molecule has 8 heteroatoms. The highest BCUT2D eigenvalue weighted by Gasteiger charge is 2.08. The van der Waals surface area contributed by atoms with Crippen molar-refractivity contribution in [1.82, 2.24) is 0 Å². The molecule has 1 aromatic carbocycles. The molecule has 0 spiro atoms. The second kappa shape index (κ2) is 7.41. The van der Waals surface area contributed by atoms with Crippen LogP contribution in [0.25, 0.3) is 0 Å². The Morgan fingerprint density at radius 3 is 2.78 bits per heavy atom. The molecule has 1 N–H and O–H groups in total. The summed E-state index contributed by atoms with van der Waals surface area (Å²) in [5, 5.41) is 13.5. The van der Waals surface area contributed by atoms with Gasteiger partial charge in [-0.05, 0) is 28.7 Å². The fourth-order valence-electron chi connectivity index (χ4n) is 1.19. The number of nitro groups is 1. The van der Waals surface area contributed by atoms with Gasteiger partial charge in [0.2, 0.25) is 0 Å². The molecule has 0 aliphatic carbocycles. The van der Waals surface area contributed by atoms with Gasteiger partial charge in [0.25, 0.3) is 12.1 Å². The van der Waals surface area contributed by atoms with E-state index in [2.05, 4.69) is 5.32 Å². The highest BCUT2D eigenvalue weighted by atomic mass is 127. The topological polar surface area (TPSA) is 64.4 Å². The largest absolute Gasteiger partial charge is 0.382 e. The summed E-state index contributed by atoms with van der Waals surface area (Å²) in [6, 6.07) is 4.39. The molecular weight excluding hydrogens is 361 g/mol. The van der Waals surface area contributed by atoms with Crippen LogP contribution in [0.3, 0.4) is 0 Å². The molecule has 100 valence electrons. The second-order valence-electron chi connectivity index (χ2n) is 3.31. The fourth-order valence-corrected chi connectivity index (χ4v) is 1.88. The van der Waals surface area contributed by atoms with E-state index in [4.69, 9.17) is 4.74 Å². The summed E-state index contributed by atoms with van der Waals surface area (Å²) in [6.45, 7) is -0.0724. The van der Waals surface area contributed by atoms with Gasteiger partial charge in [0, 0.05) is 27.9 Å². The van der Waals surface area contributed by atoms with Gasteiger partial charge in [-0.15, -0.1) is 0 Å². The van der Waals surface area contributed by atoms with Gasteiger partial charge < -0.3 is 10.1 Å². The number of hydrogen-bond acceptors (Lipinski definition) is 4. The Labute approximate surface area is 116 Å². The van der Waals surface area contributed by atoms with Crippen LogP contribution in [0.1, 0.15) is 0 Å². The number of hydrogen-bond donors (Lipinski definition) is 1. The van der Waals surface area contributed by atoms with E-state index in [0.29, 0.717) is 15.8 Å². The van der Waals surface area contributed by atoms with E-state index in [9.17, 15) is 18.9 Å². The summed E-state index contributed by atoms with van der Waals surface area (Å²) in [6.07, 6.45) is -2.47. The third-order valence-corrected chi connectivity index (χ3v) is 2.86. The van der Waals surface area contributed by atoms with Crippen molar-refractivity contribution in [2.24, 2.45) is 0 Å². The van der Waals surface area contributed by atoms with E-state index in [1.807, 2.05) is 22.6 Å². The van der Waals surface area contributed by atoms with Crippen LogP contribution < -0.4 is 5.32 Å². The Morgan fingerprint density at radius 1 is 1.50 bits per heavy atom. The lowest BCUT2D eigenvalue weighted by molar-refractivity contribution is -0.384. The first kappa shape index (κ1) is 15.0. The molecule has 0 aliphatic rings. The van der Waals surface area contributed by atoms with Crippen LogP contribution in [0, 0.1) is 13.7 Å². The molecule has 0 unspecified atom stereocenters. The van der Waals surface area contributed by atoms with Crippen molar-refractivity contribution in [1.29, 1.82) is 0 Å². The van der Waals surface area contributed by atoms with Gasteiger partial charge in [-0.25, -0.2) is 8.78 Å². The number of nitrogens with zero attached hydrogens (tertiary/aromatic N) is 1. The molecule has 0 aliphatic heterocycles. The third kappa shape index (κ3) is 5.08. The zero-order valence-electron chi connectivity index (χ0n) is 9.24. The van der Waals surface area contributed by atoms with Gasteiger partial charge in [-0.2, -0.15) is 0 Å². The van der Waals surface area contributed by atoms with E-state index < -0.39 is 18.0 Å². The van der Waals surface area contributed by atoms with Gasteiger partial charge in [-0.3, -0.25) is 10.1 Å². The number of alkyl halides is 2. The molecule has 0 aromatic heterocycles. The lowest BCUT2D eigenvalue weighted by Gasteiger charge is -2.08. The average molecular weight is 372 g/mol. The van der Waals surface area contributed by atoms with Crippen LogP contribution in [0.15, 0.2) is 18.2 Å². The number of anilines is 1. The van der Waals surface area contributed by atoms with Crippen LogP contribution in [0.2, 0.25) is 0 Å². The second-order valence-corrected chi connectivity index (χ2v) is 4.48. The number of non-ortho nitro benzene ring substituents is 1. The van der Waals surface area contributed by atoms with E-state index in [-0.39, 0.29) is 12.3 Å². The first-order valence-corrected chi connectivity index (χ1v) is 6.12. The van der Waals surface area contributed by atoms with Gasteiger partial charge in [0.1, 0.15) is 6.61 Å². The quantitative estimate of drug-likeness (QED) is 0.346. The predicted octanol–water partition coefficient (Wildman–Crippen LogP) is 2.89. The highest BCUT2D eigenvalue weighted by Crippen LogP contribution is 2.23. The predicted molar refractivity (Wildman–Crippen MR) is 71.1 cm³/mol. The molecule has 0 amide bonds. The van der Waals surface area contributed by atoms with Crippen molar-refractivity contribution in [2.45, 2.75) is 6.43 Å². The molecular formula is C10H11F2IN2O3. The fraction of sp³-hybridized carbons (Fsp3) is 0.400. The molecule has 1 rings (SSSR count). The number of halogens is 3. The maximum absolute atomic E-state index is 11.8. The van der Waals surface area contributed by atoms with Crippen LogP contribution in [0.5, 0.6) is 0 Å². The summed E-state index contributed by atoms with van der Waals surface area (Å²) in [5.41, 5.74) is 0.723. The zero-order chi connectivity index (χ0) is 13.5. The van der Waals surface area contributed by atoms with Crippen molar-refractivity contribution in [3.63, 3.8) is 0 Å². The van der Waals surface area contributed by atoms with Crippen molar-refractivity contribution in [2.75, 3.05) is 25.1 Å². The lowest BCUT2D eigenvalue weighted by Crippen LogP contribution is -2.13. The SMILES string of the molecule is O=[N+]([O-])c1ccc(NCCOCC(F)F)c(I)c1. The summed E-state index contributed by atoms with van der Waals surface area (Å²) < 4.78 is 28.9. The Balaban J connectivity index is 2.41. The van der Waals surface area contributed by atoms with Crippen molar-refractivity contribution < 1.29 is 18.4 Å². The Hall–Kier alpha value is -1.03. The highest BCUT2D eigenvalue weighted by molar-refractivity contribution is 14.1. The number of ether oxygens (including phenoxy) is 1. The summed E-state index contributed by atoms with van der Waals surface area (Å²) >= 11 is 1.96. The van der Waals surface area contributed by atoms with Gasteiger partial charge in [0.05, 0.1) is 11.5 Å². The molecule has 5 nitrogen and oxygen atoms in total. The number of nitro benzene ring substituents is 1. The monoisotopic (exact) mass is 372 g/mol. The first-order chi connectivity index (χ1) is 8.50. The number of benzene rings is 1. The number of nitrogens with one attached hydrogen (secondary N) is 1. The lowest BCUT2D eigenvalue weighted by atomic mass is 10.3. The molecule has 0 saturated carbocycles. The zero-order valence-corrected chi connectivity index (χ0v) is 11.4. The summed E-state index contributed by atoms with van der Waals surface area (Å²) in [5.74, 6) is 0. The maximum atomic E-state index is 11.8. The first-order valence-electron chi connectivity index (χ1n) is 5.04. The van der Waals surface area contributed by atoms with Gasteiger partial charge in [-0.1, -0.05) is 0 Å². The standard InChI is InChI=1S/C10H11F2IN2O3/c11-10(12)6-18-4-3-14-9-2-1-7(15(16)17)5-8(9)13/h1-2,5,10,14H,3-4,6H2. The molecule has 0 heterocycles. The van der Waals surface area contributed by atoms with Crippen molar-refractivity contribution in [3.8, 4) is 0 Å². The minimum absolute atomic E-state index is 0.0129. The minimum atomic E-state index is -2.47. The van der Waals surface area contributed by atoms with Crippen LogP contribution >= 0.6 is 22.6 Å². The Bertz CT molecular complexity index is 418. The molecule has 0 fully saturated rings. The van der Waals surface area contributed by atoms with E-state index in [1.165, 1.54) is 12.1 Å². The van der Waals surface area contributed by atoms with E-state index in [1.54, 1.807) is 6.07 Å². The van der Waals surface area contributed by atoms with Gasteiger partial charge in [0.15, 0.2) is 0 Å². The molecule has 1 aromatic rings. The smallest absolute Gasteiger partial charge is 0.270 e. The Morgan fingerprint density at radius 2 is 2.22 bits per heavy atom. The van der Waals surface area contributed by atoms with Crippen molar-refractivity contribution in [3.05, 3.63) is 31.9 Å². The molecule has 18 heavy (non-hydrogen) atoms. The third-order valence-electron chi connectivity index (χ3n) is 1.97. The minimum Gasteiger partial charge on any atom is -0.382 e. The Kier molecular flexibility index (Phi) is 6.19. The molecule has 0 bridgehead atoms. The normalized spacial score (nSPS) is 10.7. The molecule has 0 radical (unpaired) electrons. The maximum Gasteiger partial charge on any atom is 0.270 e. The summed E-state index contributed by atoms with van der Waals surface area (Å²) in [7, 11) is 0. The molecule has 0 atom stereocenters. The summed E-state index contributed by atoms with van der Waals surface area (Å²) in [4.78, 5) is 10.0. The van der Waals surface area contributed by atoms with Gasteiger partial charge >= 0.3 is 0 Å². The van der Waals surface area contributed by atoms with Crippen molar-refractivity contribution >= 4 is 34.0 Å². The van der Waals surface area contributed by atoms with E-state index >= 15 is 0 Å². The number of rotatable bonds is 7. The van der Waals surface area contributed by atoms with E-state index in [0.717, 1.165) is 0 Å². The average Bonchev–Trinajstić information content (AvgIpc) is 2.29. The van der Waals surface area contributed by atoms with Crippen LogP contribution in [-0.4, -0.2) is 31.1 Å². The van der Waals surface area contributed by atoms with Crippen LogP contribution in [-0.2, 0) is 4.74 Å².